The molecule has 4 aromatic rings. The van der Waals surface area contributed by atoms with Crippen LogP contribution in [0.3, 0.4) is 0 Å². The Kier molecular flexibility index (Phi) is 4.35. The van der Waals surface area contributed by atoms with Crippen molar-refractivity contribution >= 4 is 20.7 Å². The lowest BCUT2D eigenvalue weighted by atomic mass is 10.1. The highest BCUT2D eigenvalue weighted by molar-refractivity contribution is 7.91. The Bertz CT molecular complexity index is 1260. The average molecular weight is 393 g/mol. The second-order valence-electron chi connectivity index (χ2n) is 6.56. The molecule has 6 heteroatoms. The van der Waals surface area contributed by atoms with Crippen molar-refractivity contribution in [3.8, 4) is 17.0 Å². The Balaban J connectivity index is 2.12. The molecule has 0 fully saturated rings. The Labute approximate surface area is 163 Å². The highest BCUT2D eigenvalue weighted by Crippen LogP contribution is 2.40. The minimum atomic E-state index is -3.90. The molecular formula is C22H19NO4S. The van der Waals surface area contributed by atoms with Crippen LogP contribution in [0.5, 0.6) is 5.75 Å². The molecule has 0 aliphatic heterocycles. The molecule has 0 aliphatic carbocycles. The zero-order valence-corrected chi connectivity index (χ0v) is 16.3. The van der Waals surface area contributed by atoms with Crippen molar-refractivity contribution in [3.63, 3.8) is 0 Å². The molecule has 1 heterocycles. The van der Waals surface area contributed by atoms with E-state index in [1.54, 1.807) is 66.7 Å². The zero-order chi connectivity index (χ0) is 19.9. The summed E-state index contributed by atoms with van der Waals surface area (Å²) in [5.74, 6) is 0.512. The van der Waals surface area contributed by atoms with Crippen LogP contribution in [0.4, 0.5) is 0 Å². The molecule has 0 unspecified atom stereocenters. The molecule has 0 radical (unpaired) electrons. The van der Waals surface area contributed by atoms with Crippen LogP contribution >= 0.6 is 0 Å². The molecule has 1 N–H and O–H groups in total. The van der Waals surface area contributed by atoms with Crippen LogP contribution in [0.15, 0.2) is 82.6 Å². The van der Waals surface area contributed by atoms with E-state index in [4.69, 9.17) is 4.74 Å². The highest BCUT2D eigenvalue weighted by atomic mass is 32.2. The van der Waals surface area contributed by atoms with Gasteiger partial charge < -0.3 is 9.94 Å². The number of fused-ring (bicyclic) bond motifs is 1. The van der Waals surface area contributed by atoms with Gasteiger partial charge in [-0.3, -0.25) is 0 Å². The fourth-order valence-corrected chi connectivity index (χ4v) is 4.95. The summed E-state index contributed by atoms with van der Waals surface area (Å²) in [6.45, 7) is 1.90. The summed E-state index contributed by atoms with van der Waals surface area (Å²) < 4.78 is 33.4. The lowest BCUT2D eigenvalue weighted by Crippen LogP contribution is -2.05. The standard InChI is InChI=1S/C22H19NO4S/c1-15-8-11-18(12-9-15)28(25,26)22-19-14-17(27-2)10-13-20(19)23(24)21(22)16-6-4-3-5-7-16/h3-14,24H,1-2H3. The molecule has 0 amide bonds. The number of rotatable bonds is 4. The van der Waals surface area contributed by atoms with E-state index in [1.807, 2.05) is 13.0 Å². The third kappa shape index (κ3) is 2.82. The molecule has 0 saturated carbocycles. The van der Waals surface area contributed by atoms with E-state index in [0.29, 0.717) is 22.2 Å². The van der Waals surface area contributed by atoms with Crippen LogP contribution in [0, 0.1) is 6.92 Å². The van der Waals surface area contributed by atoms with E-state index >= 15 is 0 Å². The number of sulfone groups is 1. The van der Waals surface area contributed by atoms with Gasteiger partial charge in [-0.05, 0) is 37.3 Å². The van der Waals surface area contributed by atoms with Gasteiger partial charge >= 0.3 is 0 Å². The smallest absolute Gasteiger partial charge is 0.209 e. The summed E-state index contributed by atoms with van der Waals surface area (Å²) in [7, 11) is -2.38. The zero-order valence-electron chi connectivity index (χ0n) is 15.5. The summed E-state index contributed by atoms with van der Waals surface area (Å²) in [5.41, 5.74) is 2.19. The molecule has 0 bridgehead atoms. The molecule has 28 heavy (non-hydrogen) atoms. The predicted molar refractivity (Wildman–Crippen MR) is 108 cm³/mol. The maximum atomic E-state index is 13.6. The molecule has 3 aromatic carbocycles. The second kappa shape index (κ2) is 6.73. The fourth-order valence-electron chi connectivity index (χ4n) is 3.31. The fraction of sp³-hybridized carbons (Fsp3) is 0.0909. The van der Waals surface area contributed by atoms with Gasteiger partial charge in [-0.15, -0.1) is 0 Å². The first-order valence-electron chi connectivity index (χ1n) is 8.72. The van der Waals surface area contributed by atoms with E-state index < -0.39 is 9.84 Å². The summed E-state index contributed by atoms with van der Waals surface area (Å²) in [4.78, 5) is 0.226. The first-order chi connectivity index (χ1) is 13.4. The van der Waals surface area contributed by atoms with Crippen LogP contribution in [0.2, 0.25) is 0 Å². The largest absolute Gasteiger partial charge is 0.497 e. The van der Waals surface area contributed by atoms with E-state index in [2.05, 4.69) is 0 Å². The molecule has 142 valence electrons. The van der Waals surface area contributed by atoms with Gasteiger partial charge in [0.25, 0.3) is 0 Å². The van der Waals surface area contributed by atoms with E-state index in [-0.39, 0.29) is 15.5 Å². The Hall–Kier alpha value is -3.25. The van der Waals surface area contributed by atoms with Crippen molar-refractivity contribution in [2.24, 2.45) is 0 Å². The lowest BCUT2D eigenvalue weighted by molar-refractivity contribution is 0.203. The second-order valence-corrected chi connectivity index (χ2v) is 8.44. The normalized spacial score (nSPS) is 11.6. The average Bonchev–Trinajstić information content (AvgIpc) is 3.01. The van der Waals surface area contributed by atoms with Gasteiger partial charge in [-0.1, -0.05) is 48.0 Å². The summed E-state index contributed by atoms with van der Waals surface area (Å²) in [6.07, 6.45) is 0. The SMILES string of the molecule is COc1ccc2c(c1)c(S(=O)(=O)c1ccc(C)cc1)c(-c1ccccc1)n2O. The molecule has 0 aliphatic rings. The van der Waals surface area contributed by atoms with E-state index in [9.17, 15) is 13.6 Å². The van der Waals surface area contributed by atoms with Crippen molar-refractivity contribution in [2.45, 2.75) is 16.7 Å². The van der Waals surface area contributed by atoms with Crippen LogP contribution in [-0.2, 0) is 9.84 Å². The predicted octanol–water partition coefficient (Wildman–Crippen LogP) is 4.70. The number of hydrogen-bond acceptors (Lipinski definition) is 4. The van der Waals surface area contributed by atoms with Gasteiger partial charge in [0.1, 0.15) is 16.3 Å². The van der Waals surface area contributed by atoms with Gasteiger partial charge in [0.2, 0.25) is 9.84 Å². The molecule has 0 atom stereocenters. The Morgan fingerprint density at radius 2 is 1.61 bits per heavy atom. The number of aromatic nitrogens is 1. The van der Waals surface area contributed by atoms with E-state index in [1.165, 1.54) is 7.11 Å². The quantitative estimate of drug-likeness (QED) is 0.511. The first kappa shape index (κ1) is 18.1. The number of ether oxygens (including phenoxy) is 1. The maximum Gasteiger partial charge on any atom is 0.209 e. The van der Waals surface area contributed by atoms with Crippen LogP contribution in [0.25, 0.3) is 22.2 Å². The van der Waals surface area contributed by atoms with Gasteiger partial charge in [-0.2, -0.15) is 4.73 Å². The summed E-state index contributed by atoms with van der Waals surface area (Å²) in [6, 6.07) is 20.6. The van der Waals surface area contributed by atoms with Gasteiger partial charge in [0.05, 0.1) is 17.5 Å². The molecule has 4 rings (SSSR count). The molecular weight excluding hydrogens is 374 g/mol. The summed E-state index contributed by atoms with van der Waals surface area (Å²) >= 11 is 0. The van der Waals surface area contributed by atoms with Crippen molar-refractivity contribution in [1.82, 2.24) is 4.73 Å². The van der Waals surface area contributed by atoms with Crippen molar-refractivity contribution in [3.05, 3.63) is 78.4 Å². The third-order valence-electron chi connectivity index (χ3n) is 4.75. The first-order valence-corrected chi connectivity index (χ1v) is 10.2. The van der Waals surface area contributed by atoms with E-state index in [0.717, 1.165) is 10.3 Å². The minimum absolute atomic E-state index is 0.0546. The number of hydrogen-bond donors (Lipinski definition) is 1. The number of methoxy groups -OCH3 is 1. The monoisotopic (exact) mass is 393 g/mol. The van der Waals surface area contributed by atoms with Crippen LogP contribution in [-0.4, -0.2) is 25.5 Å². The Morgan fingerprint density at radius 3 is 2.25 bits per heavy atom. The highest BCUT2D eigenvalue weighted by Gasteiger charge is 2.30. The van der Waals surface area contributed by atoms with Crippen molar-refractivity contribution in [2.75, 3.05) is 7.11 Å². The van der Waals surface area contributed by atoms with Crippen LogP contribution < -0.4 is 4.74 Å². The topological polar surface area (TPSA) is 68.5 Å². The number of nitrogens with zero attached hydrogens (tertiary/aromatic N) is 1. The third-order valence-corrected chi connectivity index (χ3v) is 6.59. The minimum Gasteiger partial charge on any atom is -0.497 e. The molecule has 1 aromatic heterocycles. The molecule has 5 nitrogen and oxygen atoms in total. The van der Waals surface area contributed by atoms with Gasteiger partial charge in [0, 0.05) is 10.9 Å². The maximum absolute atomic E-state index is 13.6. The molecule has 0 saturated heterocycles. The van der Waals surface area contributed by atoms with Gasteiger partial charge in [-0.25, -0.2) is 8.42 Å². The van der Waals surface area contributed by atoms with Gasteiger partial charge in [0.15, 0.2) is 0 Å². The van der Waals surface area contributed by atoms with Crippen molar-refractivity contribution in [1.29, 1.82) is 0 Å². The van der Waals surface area contributed by atoms with Crippen molar-refractivity contribution < 1.29 is 18.4 Å². The number of aryl methyl sites for hydroxylation is 1. The summed E-state index contributed by atoms with van der Waals surface area (Å²) in [5, 5.41) is 11.3. The Morgan fingerprint density at radius 1 is 0.929 bits per heavy atom. The molecule has 0 spiro atoms. The lowest BCUT2D eigenvalue weighted by Gasteiger charge is -2.09. The number of benzene rings is 3. The van der Waals surface area contributed by atoms with Crippen LogP contribution in [0.1, 0.15) is 5.56 Å².